The van der Waals surface area contributed by atoms with E-state index in [0.717, 1.165) is 35.5 Å². The van der Waals surface area contributed by atoms with Crippen molar-refractivity contribution in [2.24, 2.45) is 0 Å². The lowest BCUT2D eigenvalue weighted by molar-refractivity contribution is 0.0413. The Morgan fingerprint density at radius 3 is 0.806 bits per heavy atom. The second kappa shape index (κ2) is 31.3. The molecular weight excluding hydrogens is 1240 g/mol. The zero-order valence-corrected chi connectivity index (χ0v) is 59.9. The zero-order chi connectivity index (χ0) is 66.3. The molecule has 6 nitrogen and oxygen atoms in total. The molecule has 506 valence electrons. The highest BCUT2D eigenvalue weighted by Gasteiger charge is 2.32. The molecule has 0 saturated heterocycles. The highest BCUT2D eigenvalue weighted by atomic mass is 32.1. The summed E-state index contributed by atoms with van der Waals surface area (Å²) in [7, 11) is 0. The van der Waals surface area contributed by atoms with Crippen LogP contribution >= 0.6 is 25.3 Å². The maximum Gasteiger partial charge on any atom is 0.119 e. The number of hydrogen-bond acceptors (Lipinski definition) is 8. The van der Waals surface area contributed by atoms with Gasteiger partial charge in [0.1, 0.15) is 24.7 Å². The Balaban J connectivity index is 0.915. The van der Waals surface area contributed by atoms with E-state index < -0.39 is 0 Å². The number of aryl methyl sites for hydroxylation is 2. The Bertz CT molecular complexity index is 4740. The molecule has 0 aromatic heterocycles. The lowest BCUT2D eigenvalue weighted by atomic mass is 9.72. The van der Waals surface area contributed by atoms with Gasteiger partial charge in [-0.05, 0) is 237 Å². The van der Waals surface area contributed by atoms with Crippen LogP contribution in [0, 0.1) is 0 Å². The van der Waals surface area contributed by atoms with Gasteiger partial charge in [0.05, 0.1) is 52.9 Å². The van der Waals surface area contributed by atoms with Crippen LogP contribution in [0.4, 0.5) is 0 Å². The Labute approximate surface area is 590 Å². The Morgan fingerprint density at radius 2 is 0.490 bits per heavy atom. The van der Waals surface area contributed by atoms with E-state index in [1.54, 1.807) is 0 Å². The standard InChI is InChI=1S/C90H98O6S2/c1-3-5-7-9-11-13-15-17-19-21-25-59-51-71-67-27-23-29-69-75-55-63(61-31-35-65(36-32-61)95-45-43-91-39-41-93-47-49-97)57-77-78-58-64(62-33-37-66(38-34-62)96-46-44-92-40-42-94-48-50-98)56-76-70-30-24-28-68-72-52-60(26-22-20-18-16-14-12-10-8-6-4-2)54-74-73(53-59)81(71)87-85(79(67)69)89(83(75)77)90(84(76)78)86(80(68)70)88(87)82(72)74/h23-24,27-38,51-58,97-98H,3-22,25-26,39-50H2,1-2H3. The number of unbranched alkanes of at least 4 members (excludes halogenated alkanes) is 18. The summed E-state index contributed by atoms with van der Waals surface area (Å²) < 4.78 is 35.4. The van der Waals surface area contributed by atoms with E-state index in [9.17, 15) is 0 Å². The molecule has 0 aliphatic carbocycles. The van der Waals surface area contributed by atoms with Gasteiger partial charge >= 0.3 is 0 Å². The molecule has 0 aliphatic rings. The molecule has 0 heterocycles. The molecule has 0 spiro atoms. The van der Waals surface area contributed by atoms with Crippen molar-refractivity contribution in [3.05, 3.63) is 145 Å². The first kappa shape index (κ1) is 67.0. The molecule has 0 aliphatic heterocycles. The zero-order valence-electron chi connectivity index (χ0n) is 58.1. The van der Waals surface area contributed by atoms with Crippen LogP contribution in [0.15, 0.2) is 133 Å². The van der Waals surface area contributed by atoms with E-state index in [0.29, 0.717) is 77.6 Å². The highest BCUT2D eigenvalue weighted by Crippen LogP contribution is 2.61. The molecule has 8 heteroatoms. The SMILES string of the molecule is CCCCCCCCCCCCc1cc2c3cccc4c5cc(-c6ccc(OCCOCCOCCS)cc6)cc6c7cc(-c8ccc(OCCOCCOCCS)cc8)cc8c9cccc%10c%11cc(CCCCCCCCCCCC)cc%12c(c1)c2c1c(c34)c(c56)c(c87)c(c%109)c1c%11%12. The van der Waals surface area contributed by atoms with Gasteiger partial charge in [-0.15, -0.1) is 0 Å². The van der Waals surface area contributed by atoms with Crippen molar-refractivity contribution >= 4 is 155 Å². The third-order valence-corrected chi connectivity index (χ3v) is 22.1. The molecule has 0 atom stereocenters. The molecule has 15 rings (SSSR count). The van der Waals surface area contributed by atoms with Gasteiger partial charge in [0, 0.05) is 11.5 Å². The first-order chi connectivity index (χ1) is 48.6. The first-order valence-corrected chi connectivity index (χ1v) is 39.1. The number of benzene rings is 15. The van der Waals surface area contributed by atoms with E-state index in [4.69, 9.17) is 28.4 Å². The third kappa shape index (κ3) is 13.2. The Kier molecular flexibility index (Phi) is 21.4. The van der Waals surface area contributed by atoms with Crippen molar-refractivity contribution in [2.75, 3.05) is 77.6 Å². The molecular formula is C90H98O6S2. The van der Waals surface area contributed by atoms with Crippen molar-refractivity contribution in [3.8, 4) is 33.8 Å². The lowest BCUT2D eigenvalue weighted by Crippen LogP contribution is -2.11. The van der Waals surface area contributed by atoms with Crippen molar-refractivity contribution in [2.45, 2.75) is 155 Å². The van der Waals surface area contributed by atoms with Crippen molar-refractivity contribution < 1.29 is 28.4 Å². The second-order valence-electron chi connectivity index (χ2n) is 28.2. The maximum atomic E-state index is 6.29. The fraction of sp³-hybridized carbons (Fsp3) is 0.400. The van der Waals surface area contributed by atoms with Gasteiger partial charge in [-0.3, -0.25) is 0 Å². The van der Waals surface area contributed by atoms with Crippen LogP contribution in [0.1, 0.15) is 153 Å². The summed E-state index contributed by atoms with van der Waals surface area (Å²) in [6.07, 6.45) is 29.0. The van der Waals surface area contributed by atoms with Gasteiger partial charge in [-0.2, -0.15) is 25.3 Å². The largest absolute Gasteiger partial charge is 0.491 e. The summed E-state index contributed by atoms with van der Waals surface area (Å²) in [4.78, 5) is 0. The maximum absolute atomic E-state index is 6.29. The Morgan fingerprint density at radius 1 is 0.235 bits per heavy atom. The lowest BCUT2D eigenvalue weighted by Gasteiger charge is -2.30. The molecule has 15 aromatic rings. The highest BCUT2D eigenvalue weighted by molar-refractivity contribution is 7.80. The van der Waals surface area contributed by atoms with Gasteiger partial charge in [-0.25, -0.2) is 0 Å². The Hall–Kier alpha value is -6.88. The monoisotopic (exact) mass is 1340 g/mol. The minimum absolute atomic E-state index is 0.463. The number of thiol groups is 2. The van der Waals surface area contributed by atoms with Crippen molar-refractivity contribution in [1.82, 2.24) is 0 Å². The summed E-state index contributed by atoms with van der Waals surface area (Å²) in [5.41, 5.74) is 7.65. The van der Waals surface area contributed by atoms with Crippen LogP contribution in [0.25, 0.3) is 152 Å². The molecule has 98 heavy (non-hydrogen) atoms. The van der Waals surface area contributed by atoms with Crippen LogP contribution in [0.3, 0.4) is 0 Å². The van der Waals surface area contributed by atoms with E-state index in [2.05, 4.69) is 173 Å². The molecule has 0 radical (unpaired) electrons. The molecule has 0 fully saturated rings. The molecule has 0 amide bonds. The fourth-order valence-electron chi connectivity index (χ4n) is 17.2. The molecule has 0 unspecified atom stereocenters. The predicted molar refractivity (Wildman–Crippen MR) is 428 cm³/mol. The van der Waals surface area contributed by atoms with Crippen molar-refractivity contribution in [1.29, 1.82) is 0 Å². The molecule has 15 aromatic carbocycles. The summed E-state index contributed by atoms with van der Waals surface area (Å²) in [6, 6.07) is 52.8. The van der Waals surface area contributed by atoms with Crippen LogP contribution in [0.2, 0.25) is 0 Å². The van der Waals surface area contributed by atoms with E-state index >= 15 is 0 Å². The van der Waals surface area contributed by atoms with Crippen LogP contribution in [0.5, 0.6) is 11.5 Å². The summed E-state index contributed by atoms with van der Waals surface area (Å²) in [5.74, 6) is 3.06. The van der Waals surface area contributed by atoms with Gasteiger partial charge in [-0.1, -0.05) is 214 Å². The number of ether oxygens (including phenoxy) is 6. The molecule has 0 bridgehead atoms. The van der Waals surface area contributed by atoms with Crippen molar-refractivity contribution in [3.63, 3.8) is 0 Å². The van der Waals surface area contributed by atoms with Gasteiger partial charge in [0.15, 0.2) is 0 Å². The van der Waals surface area contributed by atoms with Crippen LogP contribution in [-0.2, 0) is 31.8 Å². The topological polar surface area (TPSA) is 55.4 Å². The van der Waals surface area contributed by atoms with Gasteiger partial charge in [0.2, 0.25) is 0 Å². The summed E-state index contributed by atoms with van der Waals surface area (Å²) in [6.45, 7) is 9.97. The van der Waals surface area contributed by atoms with Gasteiger partial charge in [0.25, 0.3) is 0 Å². The normalized spacial score (nSPS) is 12.6. The first-order valence-electron chi connectivity index (χ1n) is 37.8. The number of hydrogen-bond donors (Lipinski definition) is 2. The quantitative estimate of drug-likeness (QED) is 0.0172. The van der Waals surface area contributed by atoms with E-state index in [-0.39, 0.29) is 0 Å². The van der Waals surface area contributed by atoms with Gasteiger partial charge < -0.3 is 28.4 Å². The summed E-state index contributed by atoms with van der Waals surface area (Å²) >= 11 is 8.51. The number of rotatable bonds is 42. The molecule has 0 saturated carbocycles. The van der Waals surface area contributed by atoms with Crippen LogP contribution in [-0.4, -0.2) is 77.6 Å². The minimum atomic E-state index is 0.463. The minimum Gasteiger partial charge on any atom is -0.491 e. The summed E-state index contributed by atoms with van der Waals surface area (Å²) in [5, 5.41) is 33.4. The smallest absolute Gasteiger partial charge is 0.119 e. The third-order valence-electron chi connectivity index (χ3n) is 21.8. The second-order valence-corrected chi connectivity index (χ2v) is 29.1. The predicted octanol–water partition coefficient (Wildman–Crippen LogP) is 25.1. The van der Waals surface area contributed by atoms with E-state index in [1.165, 1.54) is 280 Å². The average molecular weight is 1340 g/mol. The van der Waals surface area contributed by atoms with E-state index in [1.807, 2.05) is 0 Å². The van der Waals surface area contributed by atoms with Crippen LogP contribution < -0.4 is 9.47 Å². The number of fused-ring (bicyclic) bond motifs is 6. The fourth-order valence-corrected chi connectivity index (χ4v) is 17.5. The molecule has 0 N–H and O–H groups in total. The average Bonchev–Trinajstić information content (AvgIpc) is 0.644.